The summed E-state index contributed by atoms with van der Waals surface area (Å²) in [5, 5.41) is 3.69. The predicted molar refractivity (Wildman–Crippen MR) is 170 cm³/mol. The Balaban J connectivity index is 0.000000777. The van der Waals surface area contributed by atoms with Gasteiger partial charge in [0.2, 0.25) is 0 Å². The molecule has 3 nitrogen and oxygen atoms in total. The van der Waals surface area contributed by atoms with Crippen LogP contribution in [0, 0.1) is 18.8 Å². The number of terminal acetylenes is 1. The second kappa shape index (κ2) is 22.9. The minimum Gasteiger partial charge on any atom is -0.373 e. The molecule has 0 bridgehead atoms. The van der Waals surface area contributed by atoms with Gasteiger partial charge in [-0.3, -0.25) is 4.90 Å². The Morgan fingerprint density at radius 3 is 2.18 bits per heavy atom. The van der Waals surface area contributed by atoms with Crippen molar-refractivity contribution in [3.63, 3.8) is 0 Å². The third-order valence-electron chi connectivity index (χ3n) is 7.50. The Hall–Kier alpha value is -1.99. The van der Waals surface area contributed by atoms with Crippen LogP contribution in [0.1, 0.15) is 71.6 Å². The van der Waals surface area contributed by atoms with E-state index in [0.717, 1.165) is 51.5 Å². The van der Waals surface area contributed by atoms with Gasteiger partial charge in [-0.25, -0.2) is 0 Å². The number of alkyl halides is 1. The minimum absolute atomic E-state index is 0.454. The summed E-state index contributed by atoms with van der Waals surface area (Å²) >= 11 is 5.88. The topological polar surface area (TPSA) is 18.5 Å². The van der Waals surface area contributed by atoms with Crippen LogP contribution in [-0.2, 0) is 0 Å². The number of nitrogens with zero attached hydrogens (tertiary/aromatic N) is 2. The van der Waals surface area contributed by atoms with E-state index in [1.165, 1.54) is 62.8 Å². The van der Waals surface area contributed by atoms with Crippen molar-refractivity contribution in [2.45, 2.75) is 77.7 Å². The van der Waals surface area contributed by atoms with E-state index in [1.807, 2.05) is 36.4 Å². The fourth-order valence-electron chi connectivity index (χ4n) is 5.16. The molecule has 2 aliphatic rings. The molecule has 0 amide bonds. The number of nitrogens with one attached hydrogen (secondary N) is 1. The van der Waals surface area contributed by atoms with Gasteiger partial charge in [-0.15, -0.1) is 24.4 Å². The van der Waals surface area contributed by atoms with Crippen LogP contribution in [0.2, 0.25) is 0 Å². The number of unbranched alkanes of at least 4 members (excludes halogenated alkanes) is 1. The molecule has 4 heteroatoms. The first-order valence-electron chi connectivity index (χ1n) is 14.8. The summed E-state index contributed by atoms with van der Waals surface area (Å²) < 4.78 is 0. The molecule has 1 aliphatic heterocycles. The minimum atomic E-state index is 0.454. The molecular weight excluding hydrogens is 486 g/mol. The summed E-state index contributed by atoms with van der Waals surface area (Å²) in [7, 11) is 0. The van der Waals surface area contributed by atoms with Crippen LogP contribution in [0.25, 0.3) is 0 Å². The van der Waals surface area contributed by atoms with E-state index in [9.17, 15) is 0 Å². The number of benzene rings is 1. The van der Waals surface area contributed by atoms with E-state index in [1.54, 1.807) is 0 Å². The molecule has 1 saturated carbocycles. The van der Waals surface area contributed by atoms with Crippen molar-refractivity contribution in [1.29, 1.82) is 0 Å². The van der Waals surface area contributed by atoms with E-state index in [0.29, 0.717) is 11.9 Å². The van der Waals surface area contributed by atoms with Crippen LogP contribution >= 0.6 is 11.6 Å². The van der Waals surface area contributed by atoms with Gasteiger partial charge in [0.05, 0.1) is 0 Å². The molecule has 0 aromatic heterocycles. The average molecular weight is 540 g/mol. The van der Waals surface area contributed by atoms with E-state index in [4.69, 9.17) is 11.6 Å². The first kappa shape index (κ1) is 34.0. The number of halogens is 1. The first-order chi connectivity index (χ1) is 18.7. The van der Waals surface area contributed by atoms with Crippen molar-refractivity contribution in [3.8, 4) is 12.8 Å². The van der Waals surface area contributed by atoms with Crippen molar-refractivity contribution < 1.29 is 0 Å². The molecule has 1 aliphatic carbocycles. The molecule has 0 spiro atoms. The number of allylic oxidation sites excluding steroid dienone is 3. The lowest BCUT2D eigenvalue weighted by Gasteiger charge is -2.40. The van der Waals surface area contributed by atoms with Gasteiger partial charge in [-0.2, -0.15) is 0 Å². The zero-order valence-electron chi connectivity index (χ0n) is 24.3. The molecule has 38 heavy (non-hydrogen) atoms. The van der Waals surface area contributed by atoms with Crippen molar-refractivity contribution >= 4 is 11.6 Å². The van der Waals surface area contributed by atoms with Gasteiger partial charge >= 0.3 is 0 Å². The summed E-state index contributed by atoms with van der Waals surface area (Å²) in [5.74, 6) is 1.51. The lowest BCUT2D eigenvalue weighted by molar-refractivity contribution is 0.135. The largest absolute Gasteiger partial charge is 0.373 e. The Morgan fingerprint density at radius 2 is 1.63 bits per heavy atom. The average Bonchev–Trinajstić information content (AvgIpc) is 2.99. The van der Waals surface area contributed by atoms with E-state index < -0.39 is 0 Å². The Labute approximate surface area is 240 Å². The van der Waals surface area contributed by atoms with Crippen molar-refractivity contribution in [2.24, 2.45) is 5.92 Å². The molecular formula is C34H54ClN3. The standard InChI is InChI=1S/C26H46ClN3.C6H6.C2H2/c1-4-5-14-26(15-9-16-27)24(3)30-20-18-29(19-21-30)23(2)11-10-17-28-22-25-12-7-6-8-13-25;1-2-4-6-5-3-1;1-2/h9,14-15,24-25,28H,2,4-8,10-13,16-22H2,1,3H3;1-6H;1-2H/b15-9-,26-14+;;. The number of piperazine rings is 1. The van der Waals surface area contributed by atoms with Gasteiger partial charge in [0, 0.05) is 43.8 Å². The number of hydrogen-bond acceptors (Lipinski definition) is 3. The summed E-state index contributed by atoms with van der Waals surface area (Å²) in [6, 6.07) is 12.5. The first-order valence-corrected chi connectivity index (χ1v) is 15.3. The molecule has 1 heterocycles. The molecule has 1 N–H and O–H groups in total. The summed E-state index contributed by atoms with van der Waals surface area (Å²) in [4.78, 5) is 5.12. The Morgan fingerprint density at radius 1 is 1.03 bits per heavy atom. The number of hydrogen-bond donors (Lipinski definition) is 1. The van der Waals surface area contributed by atoms with Crippen LogP contribution < -0.4 is 5.32 Å². The quantitative estimate of drug-likeness (QED) is 0.119. The molecule has 212 valence electrons. The van der Waals surface area contributed by atoms with Gasteiger partial charge in [0.1, 0.15) is 0 Å². The fraction of sp³-hybridized carbons (Fsp3) is 0.588. The molecule has 1 saturated heterocycles. The normalized spacial score (nSPS) is 17.7. The van der Waals surface area contributed by atoms with Gasteiger partial charge in [0.15, 0.2) is 0 Å². The monoisotopic (exact) mass is 539 g/mol. The molecule has 1 unspecified atom stereocenters. The number of rotatable bonds is 13. The smallest absolute Gasteiger partial charge is 0.0407 e. The van der Waals surface area contributed by atoms with Gasteiger partial charge in [0.25, 0.3) is 0 Å². The zero-order chi connectivity index (χ0) is 27.8. The Kier molecular flexibility index (Phi) is 20.6. The molecule has 1 atom stereocenters. The van der Waals surface area contributed by atoms with Crippen LogP contribution in [0.15, 0.2) is 72.5 Å². The van der Waals surface area contributed by atoms with E-state index >= 15 is 0 Å². The maximum absolute atomic E-state index is 5.88. The van der Waals surface area contributed by atoms with Crippen LogP contribution in [0.3, 0.4) is 0 Å². The second-order valence-electron chi connectivity index (χ2n) is 10.3. The third-order valence-corrected chi connectivity index (χ3v) is 7.68. The lowest BCUT2D eigenvalue weighted by Crippen LogP contribution is -2.49. The zero-order valence-corrected chi connectivity index (χ0v) is 25.1. The highest BCUT2D eigenvalue weighted by atomic mass is 35.5. The Bertz CT molecular complexity index is 745. The summed E-state index contributed by atoms with van der Waals surface area (Å²) in [5.41, 5.74) is 2.74. The maximum Gasteiger partial charge on any atom is 0.0407 e. The van der Waals surface area contributed by atoms with Gasteiger partial charge in [-0.1, -0.05) is 93.8 Å². The van der Waals surface area contributed by atoms with Crippen molar-refractivity contribution in [2.75, 3.05) is 45.1 Å². The van der Waals surface area contributed by atoms with Gasteiger partial charge in [-0.05, 0) is 63.6 Å². The predicted octanol–water partition coefficient (Wildman–Crippen LogP) is 7.91. The molecule has 1 aromatic carbocycles. The van der Waals surface area contributed by atoms with E-state index in [2.05, 4.69) is 66.6 Å². The summed E-state index contributed by atoms with van der Waals surface area (Å²) in [6.07, 6.45) is 26.5. The van der Waals surface area contributed by atoms with Gasteiger partial charge < -0.3 is 10.2 Å². The highest BCUT2D eigenvalue weighted by Crippen LogP contribution is 2.23. The van der Waals surface area contributed by atoms with Crippen LogP contribution in [-0.4, -0.2) is 61.0 Å². The highest BCUT2D eigenvalue weighted by Gasteiger charge is 2.23. The van der Waals surface area contributed by atoms with E-state index in [-0.39, 0.29) is 0 Å². The summed E-state index contributed by atoms with van der Waals surface area (Å²) in [6.45, 7) is 15.7. The molecule has 0 radical (unpaired) electrons. The van der Waals surface area contributed by atoms with Crippen LogP contribution in [0.4, 0.5) is 0 Å². The van der Waals surface area contributed by atoms with Crippen LogP contribution in [0.5, 0.6) is 0 Å². The van der Waals surface area contributed by atoms with Crippen molar-refractivity contribution in [3.05, 3.63) is 72.5 Å². The highest BCUT2D eigenvalue weighted by molar-refractivity contribution is 6.18. The maximum atomic E-state index is 5.88. The third kappa shape index (κ3) is 14.8. The molecule has 1 aromatic rings. The second-order valence-corrected chi connectivity index (χ2v) is 10.6. The molecule has 3 rings (SSSR count). The lowest BCUT2D eigenvalue weighted by atomic mass is 9.89. The van der Waals surface area contributed by atoms with Crippen molar-refractivity contribution in [1.82, 2.24) is 15.1 Å². The molecule has 2 fully saturated rings. The SMILES string of the molecule is C#C.C=C(CCCNCC1CCCCC1)N1CCN(C(C)C(/C=C\CCl)=C/CCC)CC1.c1ccccc1. The fourth-order valence-corrected chi connectivity index (χ4v) is 5.25.